The molecule has 0 bridgehead atoms. The second-order valence-corrected chi connectivity index (χ2v) is 4.75. The van der Waals surface area contributed by atoms with E-state index in [9.17, 15) is 14.7 Å². The number of para-hydroxylation sites is 1. The molecule has 0 unspecified atom stereocenters. The van der Waals surface area contributed by atoms with E-state index < -0.39 is 24.1 Å². The van der Waals surface area contributed by atoms with Gasteiger partial charge in [0.05, 0.1) is 0 Å². The third-order valence-electron chi connectivity index (χ3n) is 3.04. The van der Waals surface area contributed by atoms with Crippen molar-refractivity contribution >= 4 is 17.6 Å². The van der Waals surface area contributed by atoms with Gasteiger partial charge in [0.15, 0.2) is 12.2 Å². The molecule has 2 aromatic rings. The van der Waals surface area contributed by atoms with Crippen molar-refractivity contribution < 1.29 is 19.4 Å². The minimum absolute atomic E-state index is 0.420. The number of aliphatic hydroxyl groups is 1. The summed E-state index contributed by atoms with van der Waals surface area (Å²) in [6.45, 7) is 1.45. The SMILES string of the molecule is C[C@@H](OC(=O)[C@@H](O)c1ccccc1)C(=O)Nc1ccccc1. The Morgan fingerprint density at radius 2 is 1.55 bits per heavy atom. The Morgan fingerprint density at radius 1 is 1.00 bits per heavy atom. The molecule has 0 aromatic heterocycles. The Kier molecular flexibility index (Phi) is 5.27. The zero-order chi connectivity index (χ0) is 15.9. The van der Waals surface area contributed by atoms with Crippen molar-refractivity contribution in [3.8, 4) is 0 Å². The maximum absolute atomic E-state index is 11.9. The number of nitrogens with one attached hydrogen (secondary N) is 1. The van der Waals surface area contributed by atoms with Crippen molar-refractivity contribution in [1.29, 1.82) is 0 Å². The van der Waals surface area contributed by atoms with Crippen LogP contribution in [0.2, 0.25) is 0 Å². The van der Waals surface area contributed by atoms with Gasteiger partial charge in [0.25, 0.3) is 5.91 Å². The van der Waals surface area contributed by atoms with E-state index in [2.05, 4.69) is 5.32 Å². The number of hydrogen-bond acceptors (Lipinski definition) is 4. The lowest BCUT2D eigenvalue weighted by molar-refractivity contribution is -0.162. The van der Waals surface area contributed by atoms with Crippen molar-refractivity contribution in [2.75, 3.05) is 5.32 Å². The fraction of sp³-hybridized carbons (Fsp3) is 0.176. The molecule has 5 nitrogen and oxygen atoms in total. The lowest BCUT2D eigenvalue weighted by atomic mass is 10.1. The Balaban J connectivity index is 1.92. The van der Waals surface area contributed by atoms with Crippen LogP contribution in [0.5, 0.6) is 0 Å². The second-order valence-electron chi connectivity index (χ2n) is 4.75. The molecule has 2 aromatic carbocycles. The van der Waals surface area contributed by atoms with Crippen LogP contribution >= 0.6 is 0 Å². The minimum Gasteiger partial charge on any atom is -0.450 e. The first-order valence-corrected chi connectivity index (χ1v) is 6.87. The van der Waals surface area contributed by atoms with Crippen LogP contribution in [0.1, 0.15) is 18.6 Å². The predicted molar refractivity (Wildman–Crippen MR) is 82.0 cm³/mol. The lowest BCUT2D eigenvalue weighted by Crippen LogP contribution is -2.31. The summed E-state index contributed by atoms with van der Waals surface area (Å²) in [5.41, 5.74) is 1.03. The van der Waals surface area contributed by atoms with E-state index in [1.165, 1.54) is 6.92 Å². The van der Waals surface area contributed by atoms with Gasteiger partial charge in [0, 0.05) is 5.69 Å². The third-order valence-corrected chi connectivity index (χ3v) is 3.04. The number of rotatable bonds is 5. The molecule has 0 aliphatic rings. The van der Waals surface area contributed by atoms with E-state index in [1.807, 2.05) is 6.07 Å². The number of aliphatic hydroxyl groups excluding tert-OH is 1. The number of carbonyl (C=O) groups excluding carboxylic acids is 2. The zero-order valence-electron chi connectivity index (χ0n) is 12.1. The van der Waals surface area contributed by atoms with E-state index in [0.717, 1.165) is 0 Å². The quantitative estimate of drug-likeness (QED) is 0.831. The second kappa shape index (κ2) is 7.38. The Hall–Kier alpha value is -2.66. The molecule has 0 saturated carbocycles. The minimum atomic E-state index is -1.41. The van der Waals surface area contributed by atoms with Crippen molar-refractivity contribution in [1.82, 2.24) is 0 Å². The molecule has 2 rings (SSSR count). The highest BCUT2D eigenvalue weighted by Gasteiger charge is 2.24. The van der Waals surface area contributed by atoms with Crippen LogP contribution in [0.4, 0.5) is 5.69 Å². The standard InChI is InChI=1S/C17H17NO4/c1-12(16(20)18-14-10-6-3-7-11-14)22-17(21)15(19)13-8-4-2-5-9-13/h2-12,15,19H,1H3,(H,18,20)/t12-,15+/m1/s1. The average Bonchev–Trinajstić information content (AvgIpc) is 2.55. The molecule has 5 heteroatoms. The van der Waals surface area contributed by atoms with Gasteiger partial charge in [0.1, 0.15) is 0 Å². The van der Waals surface area contributed by atoms with E-state index in [4.69, 9.17) is 4.74 Å². The Labute approximate surface area is 128 Å². The maximum Gasteiger partial charge on any atom is 0.340 e. The van der Waals surface area contributed by atoms with E-state index in [1.54, 1.807) is 54.6 Å². The molecular formula is C17H17NO4. The average molecular weight is 299 g/mol. The fourth-order valence-corrected chi connectivity index (χ4v) is 1.83. The maximum atomic E-state index is 11.9. The van der Waals surface area contributed by atoms with Gasteiger partial charge in [-0.2, -0.15) is 0 Å². The number of ether oxygens (including phenoxy) is 1. The fourth-order valence-electron chi connectivity index (χ4n) is 1.83. The first-order valence-electron chi connectivity index (χ1n) is 6.87. The topological polar surface area (TPSA) is 75.6 Å². The molecule has 0 saturated heterocycles. The summed E-state index contributed by atoms with van der Waals surface area (Å²) < 4.78 is 5.00. The molecule has 1 amide bonds. The Morgan fingerprint density at radius 3 is 2.14 bits per heavy atom. The van der Waals surface area contributed by atoms with Crippen LogP contribution in [-0.2, 0) is 14.3 Å². The number of benzene rings is 2. The molecule has 22 heavy (non-hydrogen) atoms. The largest absolute Gasteiger partial charge is 0.450 e. The molecule has 0 aliphatic carbocycles. The van der Waals surface area contributed by atoms with Crippen LogP contribution in [0.15, 0.2) is 60.7 Å². The van der Waals surface area contributed by atoms with Gasteiger partial charge in [-0.25, -0.2) is 4.79 Å². The third kappa shape index (κ3) is 4.17. The van der Waals surface area contributed by atoms with E-state index in [0.29, 0.717) is 11.3 Å². The van der Waals surface area contributed by atoms with E-state index >= 15 is 0 Å². The molecular weight excluding hydrogens is 282 g/mol. The van der Waals surface area contributed by atoms with Crippen LogP contribution in [0.25, 0.3) is 0 Å². The Bertz CT molecular complexity index is 628. The first kappa shape index (κ1) is 15.7. The summed E-state index contributed by atoms with van der Waals surface area (Å²) >= 11 is 0. The van der Waals surface area contributed by atoms with Crippen LogP contribution in [-0.4, -0.2) is 23.1 Å². The molecule has 114 valence electrons. The van der Waals surface area contributed by atoms with Crippen LogP contribution in [0, 0.1) is 0 Å². The molecule has 0 radical (unpaired) electrons. The summed E-state index contributed by atoms with van der Waals surface area (Å²) in [5.74, 6) is -1.32. The summed E-state index contributed by atoms with van der Waals surface area (Å²) in [6, 6.07) is 17.3. The number of hydrogen-bond donors (Lipinski definition) is 2. The van der Waals surface area contributed by atoms with Gasteiger partial charge in [-0.15, -0.1) is 0 Å². The highest BCUT2D eigenvalue weighted by atomic mass is 16.6. The van der Waals surface area contributed by atoms with Crippen molar-refractivity contribution in [3.63, 3.8) is 0 Å². The number of anilines is 1. The molecule has 0 fully saturated rings. The smallest absolute Gasteiger partial charge is 0.340 e. The highest BCUT2D eigenvalue weighted by Crippen LogP contribution is 2.15. The summed E-state index contributed by atoms with van der Waals surface area (Å²) in [5, 5.41) is 12.5. The van der Waals surface area contributed by atoms with Crippen LogP contribution < -0.4 is 5.32 Å². The highest BCUT2D eigenvalue weighted by molar-refractivity contribution is 5.95. The van der Waals surface area contributed by atoms with Gasteiger partial charge in [-0.3, -0.25) is 4.79 Å². The van der Waals surface area contributed by atoms with Gasteiger partial charge >= 0.3 is 5.97 Å². The van der Waals surface area contributed by atoms with Gasteiger partial charge < -0.3 is 15.2 Å². The summed E-state index contributed by atoms with van der Waals surface area (Å²) in [7, 11) is 0. The molecule has 2 atom stereocenters. The normalized spacial score (nSPS) is 13.0. The zero-order valence-corrected chi connectivity index (χ0v) is 12.1. The predicted octanol–water partition coefficient (Wildman–Crippen LogP) is 2.29. The van der Waals surface area contributed by atoms with Crippen LogP contribution in [0.3, 0.4) is 0 Å². The number of amides is 1. The monoisotopic (exact) mass is 299 g/mol. The molecule has 2 N–H and O–H groups in total. The van der Waals surface area contributed by atoms with Crippen molar-refractivity contribution in [2.45, 2.75) is 19.1 Å². The number of esters is 1. The molecule has 0 aliphatic heterocycles. The van der Waals surface area contributed by atoms with Crippen molar-refractivity contribution in [3.05, 3.63) is 66.2 Å². The summed E-state index contributed by atoms with van der Waals surface area (Å²) in [6.07, 6.45) is -2.42. The first-order chi connectivity index (χ1) is 10.6. The van der Waals surface area contributed by atoms with Gasteiger partial charge in [-0.1, -0.05) is 48.5 Å². The van der Waals surface area contributed by atoms with Crippen molar-refractivity contribution in [2.24, 2.45) is 0 Å². The van der Waals surface area contributed by atoms with Gasteiger partial charge in [0.2, 0.25) is 0 Å². The van der Waals surface area contributed by atoms with Gasteiger partial charge in [-0.05, 0) is 24.6 Å². The number of carbonyl (C=O) groups is 2. The van der Waals surface area contributed by atoms with E-state index in [-0.39, 0.29) is 0 Å². The molecule has 0 spiro atoms. The molecule has 0 heterocycles. The summed E-state index contributed by atoms with van der Waals surface area (Å²) in [4.78, 5) is 23.8. The lowest BCUT2D eigenvalue weighted by Gasteiger charge is -2.16.